The van der Waals surface area contributed by atoms with Gasteiger partial charge in [-0.05, 0) is 24.3 Å². The Morgan fingerprint density at radius 1 is 0.886 bits per heavy atom. The largest absolute Gasteiger partial charge is 0.497 e. The van der Waals surface area contributed by atoms with Crippen molar-refractivity contribution in [1.82, 2.24) is 15.5 Å². The number of hydrogen-bond acceptors (Lipinski definition) is 11. The SMILES string of the molecule is COc1ccc(-c2noc(COC(=O)CNC(=O)c3cc(OC)c(OC)c(OC)c3)n2)c(OC)c1. The minimum absolute atomic E-state index is 0.0715. The molecule has 12 nitrogen and oxygen atoms in total. The second-order valence-electron chi connectivity index (χ2n) is 6.84. The van der Waals surface area contributed by atoms with E-state index in [0.717, 1.165) is 0 Å². The number of rotatable bonds is 11. The van der Waals surface area contributed by atoms with Crippen LogP contribution in [0.5, 0.6) is 28.7 Å². The molecular weight excluding hydrogens is 462 g/mol. The Labute approximate surface area is 201 Å². The Hall–Kier alpha value is -4.48. The number of aromatic nitrogens is 2. The number of hydrogen-bond donors (Lipinski definition) is 1. The molecule has 0 fully saturated rings. The lowest BCUT2D eigenvalue weighted by molar-refractivity contribution is -0.144. The molecule has 0 aliphatic carbocycles. The fourth-order valence-corrected chi connectivity index (χ4v) is 3.07. The second kappa shape index (κ2) is 11.6. The molecule has 0 aliphatic heterocycles. The van der Waals surface area contributed by atoms with Crippen LogP contribution in [0.2, 0.25) is 0 Å². The topological polar surface area (TPSA) is 140 Å². The first-order valence-corrected chi connectivity index (χ1v) is 10.2. The fraction of sp³-hybridized carbons (Fsp3) is 0.304. The summed E-state index contributed by atoms with van der Waals surface area (Å²) >= 11 is 0. The van der Waals surface area contributed by atoms with E-state index < -0.39 is 11.9 Å². The molecule has 0 saturated carbocycles. The highest BCUT2D eigenvalue weighted by molar-refractivity contribution is 5.97. The van der Waals surface area contributed by atoms with E-state index in [1.54, 1.807) is 25.3 Å². The lowest BCUT2D eigenvalue weighted by atomic mass is 10.1. The van der Waals surface area contributed by atoms with Crippen molar-refractivity contribution in [3.63, 3.8) is 0 Å². The van der Waals surface area contributed by atoms with E-state index >= 15 is 0 Å². The number of benzene rings is 2. The molecule has 2 aromatic carbocycles. The molecule has 1 amide bonds. The van der Waals surface area contributed by atoms with Crippen LogP contribution in [0.25, 0.3) is 11.4 Å². The molecular formula is C23H25N3O9. The third kappa shape index (κ3) is 5.91. The first kappa shape index (κ1) is 25.1. The molecule has 186 valence electrons. The third-order valence-electron chi connectivity index (χ3n) is 4.79. The zero-order valence-corrected chi connectivity index (χ0v) is 19.9. The fourth-order valence-electron chi connectivity index (χ4n) is 3.07. The lowest BCUT2D eigenvalue weighted by Gasteiger charge is -2.14. The summed E-state index contributed by atoms with van der Waals surface area (Å²) in [5.74, 6) is 1.14. The maximum Gasteiger partial charge on any atom is 0.325 e. The van der Waals surface area contributed by atoms with Crippen molar-refractivity contribution in [3.8, 4) is 40.1 Å². The molecule has 0 spiro atoms. The summed E-state index contributed by atoms with van der Waals surface area (Å²) in [6, 6.07) is 8.06. The van der Waals surface area contributed by atoms with Gasteiger partial charge in [0.25, 0.3) is 11.8 Å². The van der Waals surface area contributed by atoms with Crippen LogP contribution in [0.1, 0.15) is 16.2 Å². The van der Waals surface area contributed by atoms with Crippen molar-refractivity contribution in [2.45, 2.75) is 6.61 Å². The number of ether oxygens (including phenoxy) is 6. The van der Waals surface area contributed by atoms with Crippen molar-refractivity contribution in [3.05, 3.63) is 41.8 Å². The smallest absolute Gasteiger partial charge is 0.325 e. The molecule has 0 unspecified atom stereocenters. The molecule has 3 rings (SSSR count). The lowest BCUT2D eigenvalue weighted by Crippen LogP contribution is -2.30. The summed E-state index contributed by atoms with van der Waals surface area (Å²) in [5.41, 5.74) is 0.787. The van der Waals surface area contributed by atoms with E-state index in [2.05, 4.69) is 15.5 Å². The van der Waals surface area contributed by atoms with Gasteiger partial charge in [0.1, 0.15) is 18.0 Å². The van der Waals surface area contributed by atoms with E-state index in [9.17, 15) is 9.59 Å². The average Bonchev–Trinajstić information content (AvgIpc) is 3.37. The summed E-state index contributed by atoms with van der Waals surface area (Å²) < 4.78 is 36.4. The normalized spacial score (nSPS) is 10.3. The van der Waals surface area contributed by atoms with E-state index in [4.69, 9.17) is 32.9 Å². The van der Waals surface area contributed by atoms with E-state index in [1.165, 1.54) is 40.6 Å². The van der Waals surface area contributed by atoms with Gasteiger partial charge in [-0.3, -0.25) is 9.59 Å². The average molecular weight is 487 g/mol. The Bertz CT molecular complexity index is 1170. The maximum absolute atomic E-state index is 12.5. The number of carbonyl (C=O) groups excluding carboxylic acids is 2. The van der Waals surface area contributed by atoms with E-state index in [1.807, 2.05) is 0 Å². The first-order valence-electron chi connectivity index (χ1n) is 10.2. The number of esters is 1. The maximum atomic E-state index is 12.5. The molecule has 1 heterocycles. The van der Waals surface area contributed by atoms with Crippen LogP contribution in [0, 0.1) is 0 Å². The van der Waals surface area contributed by atoms with Crippen LogP contribution in [-0.2, 0) is 16.1 Å². The van der Waals surface area contributed by atoms with Gasteiger partial charge in [-0.1, -0.05) is 5.16 Å². The van der Waals surface area contributed by atoms with Crippen LogP contribution in [0.15, 0.2) is 34.9 Å². The van der Waals surface area contributed by atoms with Gasteiger partial charge in [0.2, 0.25) is 11.6 Å². The van der Waals surface area contributed by atoms with Gasteiger partial charge in [0.05, 0.1) is 41.1 Å². The molecule has 0 radical (unpaired) electrons. The molecule has 0 bridgehead atoms. The van der Waals surface area contributed by atoms with Crippen molar-refractivity contribution in [2.24, 2.45) is 0 Å². The van der Waals surface area contributed by atoms with Gasteiger partial charge in [-0.2, -0.15) is 4.98 Å². The zero-order chi connectivity index (χ0) is 25.4. The third-order valence-corrected chi connectivity index (χ3v) is 4.79. The molecule has 3 aromatic rings. The van der Waals surface area contributed by atoms with Crippen LogP contribution in [-0.4, -0.2) is 64.1 Å². The Kier molecular flexibility index (Phi) is 8.33. The summed E-state index contributed by atoms with van der Waals surface area (Å²) in [5, 5.41) is 6.36. The molecule has 0 saturated heterocycles. The highest BCUT2D eigenvalue weighted by Crippen LogP contribution is 2.38. The highest BCUT2D eigenvalue weighted by Gasteiger charge is 2.19. The standard InChI is InChI=1S/C23H25N3O9/c1-29-14-6-7-15(16(10-14)30-2)22-25-19(35-26-22)12-34-20(27)11-24-23(28)13-8-17(31-3)21(33-5)18(9-13)32-4/h6-10H,11-12H2,1-5H3,(H,24,28). The zero-order valence-electron chi connectivity index (χ0n) is 19.9. The molecule has 0 atom stereocenters. The predicted octanol–water partition coefficient (Wildman–Crippen LogP) is 2.25. The van der Waals surface area contributed by atoms with Gasteiger partial charge in [-0.25, -0.2) is 0 Å². The number of carbonyl (C=O) groups is 2. The van der Waals surface area contributed by atoms with E-state index in [-0.39, 0.29) is 30.4 Å². The number of methoxy groups -OCH3 is 5. The van der Waals surface area contributed by atoms with Crippen molar-refractivity contribution in [2.75, 3.05) is 42.1 Å². The van der Waals surface area contributed by atoms with Crippen LogP contribution in [0.4, 0.5) is 0 Å². The van der Waals surface area contributed by atoms with Gasteiger partial charge in [0.15, 0.2) is 18.1 Å². The van der Waals surface area contributed by atoms with Crippen LogP contribution >= 0.6 is 0 Å². The summed E-state index contributed by atoms with van der Waals surface area (Å²) in [4.78, 5) is 28.8. The molecule has 1 N–H and O–H groups in total. The first-order chi connectivity index (χ1) is 16.9. The monoisotopic (exact) mass is 487 g/mol. The quantitative estimate of drug-likeness (QED) is 0.398. The minimum Gasteiger partial charge on any atom is -0.497 e. The highest BCUT2D eigenvalue weighted by atomic mass is 16.6. The van der Waals surface area contributed by atoms with Gasteiger partial charge in [0, 0.05) is 11.6 Å². The summed E-state index contributed by atoms with van der Waals surface area (Å²) in [6.45, 7) is -0.660. The van der Waals surface area contributed by atoms with Crippen molar-refractivity contribution < 1.29 is 42.5 Å². The molecule has 12 heteroatoms. The number of nitrogens with zero attached hydrogens (tertiary/aromatic N) is 2. The van der Waals surface area contributed by atoms with Gasteiger partial charge < -0.3 is 38.3 Å². The van der Waals surface area contributed by atoms with Crippen LogP contribution < -0.4 is 29.0 Å². The summed E-state index contributed by atoms with van der Waals surface area (Å²) in [6.07, 6.45) is 0. The predicted molar refractivity (Wildman–Crippen MR) is 121 cm³/mol. The Balaban J connectivity index is 1.57. The molecule has 0 aliphatic rings. The van der Waals surface area contributed by atoms with Gasteiger partial charge >= 0.3 is 5.97 Å². The van der Waals surface area contributed by atoms with Crippen molar-refractivity contribution in [1.29, 1.82) is 0 Å². The minimum atomic E-state index is -0.701. The second-order valence-corrected chi connectivity index (χ2v) is 6.84. The Morgan fingerprint density at radius 3 is 2.17 bits per heavy atom. The molecule has 35 heavy (non-hydrogen) atoms. The van der Waals surface area contributed by atoms with Crippen LogP contribution in [0.3, 0.4) is 0 Å². The molecule has 1 aromatic heterocycles. The van der Waals surface area contributed by atoms with Gasteiger partial charge in [-0.15, -0.1) is 0 Å². The van der Waals surface area contributed by atoms with Crippen molar-refractivity contribution >= 4 is 11.9 Å². The summed E-state index contributed by atoms with van der Waals surface area (Å²) in [7, 11) is 7.37. The number of amides is 1. The number of nitrogens with one attached hydrogen (secondary N) is 1. The van der Waals surface area contributed by atoms with E-state index in [0.29, 0.717) is 34.3 Å². The Morgan fingerprint density at radius 2 is 1.57 bits per heavy atom.